The van der Waals surface area contributed by atoms with Crippen molar-refractivity contribution in [2.75, 3.05) is 24.4 Å². The minimum atomic E-state index is -4.48. The molecule has 36 heavy (non-hydrogen) atoms. The predicted molar refractivity (Wildman–Crippen MR) is 145 cm³/mol. The first-order valence-electron chi connectivity index (χ1n) is 12.0. The summed E-state index contributed by atoms with van der Waals surface area (Å²) in [6, 6.07) is 6.32. The number of halogens is 3. The molecule has 3 rings (SSSR count). The summed E-state index contributed by atoms with van der Waals surface area (Å²) in [7, 11) is 3.33. The molecule has 6 nitrogen and oxygen atoms in total. The molecule has 0 aliphatic carbocycles. The Kier molecular flexibility index (Phi) is 12.0. The Balaban J connectivity index is 0.00000120. The highest BCUT2D eigenvalue weighted by Gasteiger charge is 2.32. The fourth-order valence-electron chi connectivity index (χ4n) is 3.02. The zero-order valence-corrected chi connectivity index (χ0v) is 22.5. The highest BCUT2D eigenvalue weighted by molar-refractivity contribution is 5.84. The first-order valence-corrected chi connectivity index (χ1v) is 12.0. The lowest BCUT2D eigenvalue weighted by atomic mass is 10.2. The van der Waals surface area contributed by atoms with Crippen molar-refractivity contribution in [2.45, 2.75) is 60.6 Å². The van der Waals surface area contributed by atoms with Gasteiger partial charge in [0.05, 0.1) is 36.1 Å². The summed E-state index contributed by atoms with van der Waals surface area (Å²) in [5, 5.41) is 3.06. The van der Waals surface area contributed by atoms with Crippen LogP contribution in [0.2, 0.25) is 0 Å². The summed E-state index contributed by atoms with van der Waals surface area (Å²) < 4.78 is 47.1. The van der Waals surface area contributed by atoms with Gasteiger partial charge in [0.15, 0.2) is 5.65 Å². The van der Waals surface area contributed by atoms with Crippen LogP contribution in [0, 0.1) is 0 Å². The van der Waals surface area contributed by atoms with Crippen LogP contribution in [-0.4, -0.2) is 29.9 Å². The molecule has 1 aromatic carbocycles. The molecule has 0 saturated heterocycles. The van der Waals surface area contributed by atoms with Gasteiger partial charge in [0.1, 0.15) is 5.75 Å². The van der Waals surface area contributed by atoms with Gasteiger partial charge in [-0.15, -0.1) is 0 Å². The maximum Gasteiger partial charge on any atom is 0.417 e. The number of nitrogens with one attached hydrogen (secondary N) is 1. The molecule has 0 aliphatic rings. The van der Waals surface area contributed by atoms with Gasteiger partial charge < -0.3 is 19.4 Å². The van der Waals surface area contributed by atoms with Crippen molar-refractivity contribution < 1.29 is 17.9 Å². The second kappa shape index (κ2) is 14.2. The third kappa shape index (κ3) is 8.32. The maximum atomic E-state index is 13.4. The molecule has 0 unspecified atom stereocenters. The number of hydrogen-bond donors (Lipinski definition) is 1. The number of aromatic nitrogens is 2. The number of allylic oxidation sites excluding steroid dienone is 1. The number of rotatable bonds is 7. The van der Waals surface area contributed by atoms with Crippen molar-refractivity contribution in [3.63, 3.8) is 0 Å². The quantitative estimate of drug-likeness (QED) is 0.260. The maximum absolute atomic E-state index is 13.4. The smallest absolute Gasteiger partial charge is 0.417 e. The summed E-state index contributed by atoms with van der Waals surface area (Å²) in [6.07, 6.45) is 1.65. The third-order valence-electron chi connectivity index (χ3n) is 4.58. The largest absolute Gasteiger partial charge is 0.494 e. The Morgan fingerprint density at radius 2 is 1.83 bits per heavy atom. The van der Waals surface area contributed by atoms with E-state index in [-0.39, 0.29) is 5.69 Å². The van der Waals surface area contributed by atoms with Crippen LogP contribution in [0.15, 0.2) is 53.9 Å². The molecular formula is C27H38F3N5O. The molecule has 0 aliphatic heterocycles. The van der Waals surface area contributed by atoms with E-state index in [9.17, 15) is 13.2 Å². The number of fused-ring (bicyclic) bond motifs is 1. The Morgan fingerprint density at radius 1 is 1.19 bits per heavy atom. The van der Waals surface area contributed by atoms with E-state index in [4.69, 9.17) is 4.74 Å². The van der Waals surface area contributed by atoms with Crippen LogP contribution >= 0.6 is 0 Å². The van der Waals surface area contributed by atoms with Crippen LogP contribution in [0.5, 0.6) is 5.75 Å². The van der Waals surface area contributed by atoms with Gasteiger partial charge in [0.2, 0.25) is 0 Å². The highest BCUT2D eigenvalue weighted by Crippen LogP contribution is 2.35. The van der Waals surface area contributed by atoms with Crippen LogP contribution in [0.1, 0.15) is 59.2 Å². The normalized spacial score (nSPS) is 10.9. The number of imidazole rings is 1. The predicted octanol–water partition coefficient (Wildman–Crippen LogP) is 8.11. The van der Waals surface area contributed by atoms with Crippen LogP contribution in [-0.2, 0) is 12.6 Å². The van der Waals surface area contributed by atoms with E-state index in [1.54, 1.807) is 42.6 Å². The van der Waals surface area contributed by atoms with Crippen molar-refractivity contribution in [3.05, 3.63) is 60.2 Å². The molecular weight excluding hydrogens is 467 g/mol. The van der Waals surface area contributed by atoms with E-state index >= 15 is 0 Å². The van der Waals surface area contributed by atoms with Gasteiger partial charge in [-0.3, -0.25) is 0 Å². The number of nitrogens with zero attached hydrogens (tertiary/aromatic N) is 4. The van der Waals surface area contributed by atoms with E-state index in [0.717, 1.165) is 18.0 Å². The van der Waals surface area contributed by atoms with Crippen molar-refractivity contribution >= 4 is 29.0 Å². The van der Waals surface area contributed by atoms with Crippen molar-refractivity contribution in [1.29, 1.82) is 0 Å². The second-order valence-electron chi connectivity index (χ2n) is 7.77. The second-order valence-corrected chi connectivity index (χ2v) is 7.77. The zero-order chi connectivity index (χ0) is 27.5. The summed E-state index contributed by atoms with van der Waals surface area (Å²) in [5.74, 6) is 0.529. The monoisotopic (exact) mass is 505 g/mol. The molecule has 0 spiro atoms. The van der Waals surface area contributed by atoms with E-state index in [1.807, 2.05) is 27.8 Å². The van der Waals surface area contributed by atoms with E-state index < -0.39 is 11.7 Å². The van der Waals surface area contributed by atoms with Crippen LogP contribution in [0.3, 0.4) is 0 Å². The summed E-state index contributed by atoms with van der Waals surface area (Å²) >= 11 is 0. The molecule has 0 amide bonds. The number of aryl methyl sites for hydroxylation is 1. The van der Waals surface area contributed by atoms with Crippen LogP contribution in [0.25, 0.3) is 5.65 Å². The fraction of sp³-hybridized carbons (Fsp3) is 0.407. The van der Waals surface area contributed by atoms with Crippen molar-refractivity contribution in [3.8, 4) is 5.75 Å². The third-order valence-corrected chi connectivity index (χ3v) is 4.58. The average Bonchev–Trinajstić information content (AvgIpc) is 3.27. The Bertz CT molecular complexity index is 1150. The summed E-state index contributed by atoms with van der Waals surface area (Å²) in [6.45, 7) is 15.7. The number of pyridine rings is 1. The molecule has 198 valence electrons. The minimum Gasteiger partial charge on any atom is -0.494 e. The number of methoxy groups -OCH3 is 1. The molecule has 3 aromatic rings. The Labute approximate surface area is 212 Å². The van der Waals surface area contributed by atoms with Crippen LogP contribution < -0.4 is 15.0 Å². The van der Waals surface area contributed by atoms with Gasteiger partial charge >= 0.3 is 6.18 Å². The molecule has 0 saturated carbocycles. The number of alkyl halides is 3. The molecule has 0 bridgehead atoms. The number of benzene rings is 1. The van der Waals surface area contributed by atoms with Crippen molar-refractivity contribution in [2.24, 2.45) is 4.99 Å². The Morgan fingerprint density at radius 3 is 2.36 bits per heavy atom. The van der Waals surface area contributed by atoms with Crippen molar-refractivity contribution in [1.82, 2.24) is 9.38 Å². The van der Waals surface area contributed by atoms with Gasteiger partial charge in [-0.25, -0.2) is 9.98 Å². The number of hydrogen-bond acceptors (Lipinski definition) is 4. The minimum absolute atomic E-state index is 0.251. The van der Waals surface area contributed by atoms with Gasteiger partial charge in [0.25, 0.3) is 0 Å². The summed E-state index contributed by atoms with van der Waals surface area (Å²) in [4.78, 5) is 10.4. The van der Waals surface area contributed by atoms with E-state index in [1.165, 1.54) is 17.9 Å². The van der Waals surface area contributed by atoms with E-state index in [0.29, 0.717) is 34.9 Å². The molecule has 2 heterocycles. The molecule has 0 atom stereocenters. The van der Waals surface area contributed by atoms with Gasteiger partial charge in [-0.05, 0) is 31.5 Å². The van der Waals surface area contributed by atoms with Gasteiger partial charge in [-0.2, -0.15) is 13.2 Å². The number of ether oxygens (including phenoxy) is 1. The lowest BCUT2D eigenvalue weighted by molar-refractivity contribution is -0.137. The summed E-state index contributed by atoms with van der Waals surface area (Å²) in [5.41, 5.74) is 2.56. The number of anilines is 3. The molecule has 2 aromatic heterocycles. The fourth-order valence-corrected chi connectivity index (χ4v) is 3.02. The SMILES string of the molecule is C=C(C)N=CN(C)c1ccc(Nc2cc(C(F)(F)F)cn3cc(CC)nc23)cc1OC.CC.CCC. The first-order chi connectivity index (χ1) is 17.0. The van der Waals surface area contributed by atoms with Crippen LogP contribution in [0.4, 0.5) is 30.2 Å². The zero-order valence-electron chi connectivity index (χ0n) is 22.5. The molecule has 9 heteroatoms. The lowest BCUT2D eigenvalue weighted by Gasteiger charge is -2.19. The van der Waals surface area contributed by atoms with Gasteiger partial charge in [-0.1, -0.05) is 47.6 Å². The number of aliphatic imine (C=N–C) groups is 1. The Hall–Kier alpha value is -3.49. The first kappa shape index (κ1) is 30.5. The standard InChI is InChI=1S/C22H24F3N5O.C3H8.C2H6/c1-6-16-12-30-11-15(22(23,24)25)9-18(21(30)28-16)27-17-7-8-19(20(10-17)31-5)29(4)13-26-14(2)3;1-3-2;1-2/h7-13,27H,2,6H2,1,3-5H3;3H2,1-2H3;1-2H3. The highest BCUT2D eigenvalue weighted by atomic mass is 19.4. The molecule has 1 N–H and O–H groups in total. The van der Waals surface area contributed by atoms with Gasteiger partial charge in [0, 0.05) is 36.9 Å². The molecule has 0 radical (unpaired) electrons. The average molecular weight is 506 g/mol. The molecule has 0 fully saturated rings. The van der Waals surface area contributed by atoms with E-state index in [2.05, 4.69) is 35.7 Å². The topological polar surface area (TPSA) is 54.2 Å². The lowest BCUT2D eigenvalue weighted by Crippen LogP contribution is -2.15.